The molecule has 14 heavy (non-hydrogen) atoms. The summed E-state index contributed by atoms with van der Waals surface area (Å²) < 4.78 is 5.16. The molecule has 0 aliphatic heterocycles. The minimum atomic E-state index is -0.0188. The lowest BCUT2D eigenvalue weighted by Crippen LogP contribution is -1.99. The van der Waals surface area contributed by atoms with Crippen LogP contribution in [-0.4, -0.2) is 6.54 Å². The Balaban J connectivity index is 2.68. The highest BCUT2D eigenvalue weighted by Gasteiger charge is 1.99. The van der Waals surface area contributed by atoms with Crippen molar-refractivity contribution in [2.75, 3.05) is 11.9 Å². The van der Waals surface area contributed by atoms with Crippen LogP contribution < -0.4 is 10.7 Å². The van der Waals surface area contributed by atoms with Crippen molar-refractivity contribution in [1.82, 2.24) is 0 Å². The van der Waals surface area contributed by atoms with Gasteiger partial charge in [-0.2, -0.15) is 0 Å². The predicted molar refractivity (Wildman–Crippen MR) is 56.6 cm³/mol. The summed E-state index contributed by atoms with van der Waals surface area (Å²) in [5.41, 5.74) is 1.43. The van der Waals surface area contributed by atoms with Crippen LogP contribution in [0.4, 0.5) is 5.69 Å². The van der Waals surface area contributed by atoms with E-state index in [0.717, 1.165) is 12.2 Å². The molecule has 2 rings (SSSR count). The molecule has 0 atom stereocenters. The van der Waals surface area contributed by atoms with Gasteiger partial charge >= 0.3 is 0 Å². The van der Waals surface area contributed by atoms with Crippen LogP contribution in [0, 0.1) is 0 Å². The summed E-state index contributed by atoms with van der Waals surface area (Å²) in [6, 6.07) is 6.92. The summed E-state index contributed by atoms with van der Waals surface area (Å²) in [4.78, 5) is 11.6. The molecular formula is C11H11NO2. The van der Waals surface area contributed by atoms with Gasteiger partial charge in [-0.15, -0.1) is 0 Å². The van der Waals surface area contributed by atoms with E-state index in [1.807, 2.05) is 13.0 Å². The van der Waals surface area contributed by atoms with Crippen LogP contribution in [0.2, 0.25) is 0 Å². The Labute approximate surface area is 81.4 Å². The quantitative estimate of drug-likeness (QED) is 0.787. The molecule has 3 nitrogen and oxygen atoms in total. The minimum absolute atomic E-state index is 0.0188. The van der Waals surface area contributed by atoms with Gasteiger partial charge in [0, 0.05) is 18.3 Å². The Kier molecular flexibility index (Phi) is 2.23. The van der Waals surface area contributed by atoms with Crippen molar-refractivity contribution in [1.29, 1.82) is 0 Å². The lowest BCUT2D eigenvalue weighted by molar-refractivity contribution is 0.616. The number of hydrogen-bond acceptors (Lipinski definition) is 3. The fourth-order valence-corrected chi connectivity index (χ4v) is 1.40. The van der Waals surface area contributed by atoms with Crippen molar-refractivity contribution >= 4 is 16.7 Å². The van der Waals surface area contributed by atoms with Crippen molar-refractivity contribution in [3.8, 4) is 0 Å². The zero-order chi connectivity index (χ0) is 9.97. The Hall–Kier alpha value is -1.77. The van der Waals surface area contributed by atoms with Gasteiger partial charge in [0.1, 0.15) is 5.58 Å². The lowest BCUT2D eigenvalue weighted by atomic mass is 10.3. The number of anilines is 1. The summed E-state index contributed by atoms with van der Waals surface area (Å²) >= 11 is 0. The first-order chi connectivity index (χ1) is 6.81. The van der Waals surface area contributed by atoms with Crippen LogP contribution in [0.1, 0.15) is 6.92 Å². The van der Waals surface area contributed by atoms with Crippen molar-refractivity contribution in [2.45, 2.75) is 6.92 Å². The van der Waals surface area contributed by atoms with E-state index >= 15 is 0 Å². The van der Waals surface area contributed by atoms with Gasteiger partial charge in [-0.3, -0.25) is 4.79 Å². The van der Waals surface area contributed by atoms with Gasteiger partial charge in [-0.1, -0.05) is 0 Å². The molecule has 0 radical (unpaired) electrons. The molecule has 1 aromatic heterocycles. The normalized spacial score (nSPS) is 10.4. The van der Waals surface area contributed by atoms with Gasteiger partial charge in [0.15, 0.2) is 5.43 Å². The SMILES string of the molecule is CCNc1ccc2occc2c(=O)c1. The second kappa shape index (κ2) is 3.54. The molecule has 0 amide bonds. The molecule has 1 heterocycles. The zero-order valence-electron chi connectivity index (χ0n) is 7.91. The molecule has 0 saturated carbocycles. The molecule has 0 aliphatic carbocycles. The van der Waals surface area contributed by atoms with Crippen LogP contribution in [0.5, 0.6) is 0 Å². The maximum absolute atomic E-state index is 11.6. The first-order valence-electron chi connectivity index (χ1n) is 4.56. The largest absolute Gasteiger partial charge is 0.464 e. The van der Waals surface area contributed by atoms with Gasteiger partial charge in [0.2, 0.25) is 0 Å². The first-order valence-corrected chi connectivity index (χ1v) is 4.56. The Morgan fingerprint density at radius 1 is 1.36 bits per heavy atom. The highest BCUT2D eigenvalue weighted by atomic mass is 16.3. The Morgan fingerprint density at radius 3 is 3.00 bits per heavy atom. The maximum atomic E-state index is 11.6. The average molecular weight is 189 g/mol. The van der Waals surface area contributed by atoms with E-state index in [9.17, 15) is 4.79 Å². The minimum Gasteiger partial charge on any atom is -0.464 e. The molecule has 1 aromatic carbocycles. The Bertz CT molecular complexity index is 502. The highest BCUT2D eigenvalue weighted by molar-refractivity contribution is 5.77. The molecule has 0 unspecified atom stereocenters. The van der Waals surface area contributed by atoms with Gasteiger partial charge < -0.3 is 9.73 Å². The standard InChI is InChI=1S/C11H11NO2/c1-2-12-8-3-4-11-9(5-6-14-11)10(13)7-8/h3-7,12H,2H2,1H3. The van der Waals surface area contributed by atoms with Gasteiger partial charge in [0.25, 0.3) is 0 Å². The number of hydrogen-bond donors (Lipinski definition) is 1. The van der Waals surface area contributed by atoms with Crippen LogP contribution in [-0.2, 0) is 0 Å². The third-order valence-corrected chi connectivity index (χ3v) is 2.04. The highest BCUT2D eigenvalue weighted by Crippen LogP contribution is 2.12. The third-order valence-electron chi connectivity index (χ3n) is 2.04. The van der Waals surface area contributed by atoms with Crippen LogP contribution in [0.15, 0.2) is 39.7 Å². The number of fused-ring (bicyclic) bond motifs is 1. The topological polar surface area (TPSA) is 42.2 Å². The molecule has 1 N–H and O–H groups in total. The second-order valence-corrected chi connectivity index (χ2v) is 3.03. The molecule has 0 bridgehead atoms. The van der Waals surface area contributed by atoms with Crippen molar-refractivity contribution in [2.24, 2.45) is 0 Å². The van der Waals surface area contributed by atoms with E-state index in [0.29, 0.717) is 11.0 Å². The molecule has 2 aromatic rings. The molecular weight excluding hydrogens is 178 g/mol. The van der Waals surface area contributed by atoms with Gasteiger partial charge in [0.05, 0.1) is 11.6 Å². The van der Waals surface area contributed by atoms with E-state index in [-0.39, 0.29) is 5.43 Å². The predicted octanol–water partition coefficient (Wildman–Crippen LogP) is 2.22. The van der Waals surface area contributed by atoms with Crippen molar-refractivity contribution in [3.63, 3.8) is 0 Å². The van der Waals surface area contributed by atoms with E-state index in [1.54, 1.807) is 18.2 Å². The molecule has 0 aliphatic rings. The summed E-state index contributed by atoms with van der Waals surface area (Å²) in [5.74, 6) is 0. The first kappa shape index (κ1) is 8.81. The maximum Gasteiger partial charge on any atom is 0.191 e. The van der Waals surface area contributed by atoms with E-state index in [4.69, 9.17) is 4.42 Å². The van der Waals surface area contributed by atoms with E-state index in [1.165, 1.54) is 6.26 Å². The van der Waals surface area contributed by atoms with E-state index < -0.39 is 0 Å². The van der Waals surface area contributed by atoms with Crippen LogP contribution in [0.3, 0.4) is 0 Å². The van der Waals surface area contributed by atoms with Gasteiger partial charge in [-0.05, 0) is 25.1 Å². The summed E-state index contributed by atoms with van der Waals surface area (Å²) in [6.45, 7) is 2.78. The Morgan fingerprint density at radius 2 is 2.21 bits per heavy atom. The average Bonchev–Trinajstić information content (AvgIpc) is 2.57. The molecule has 0 spiro atoms. The summed E-state index contributed by atoms with van der Waals surface area (Å²) in [7, 11) is 0. The monoisotopic (exact) mass is 189 g/mol. The molecule has 0 fully saturated rings. The molecule has 3 heteroatoms. The third kappa shape index (κ3) is 1.48. The fraction of sp³-hybridized carbons (Fsp3) is 0.182. The molecule has 72 valence electrons. The smallest absolute Gasteiger partial charge is 0.191 e. The second-order valence-electron chi connectivity index (χ2n) is 3.03. The van der Waals surface area contributed by atoms with Crippen LogP contribution in [0.25, 0.3) is 11.0 Å². The lowest BCUT2D eigenvalue weighted by Gasteiger charge is -1.96. The number of rotatable bonds is 2. The molecule has 0 saturated heterocycles. The van der Waals surface area contributed by atoms with Crippen LogP contribution >= 0.6 is 0 Å². The number of furan rings is 1. The number of nitrogens with one attached hydrogen (secondary N) is 1. The van der Waals surface area contributed by atoms with E-state index in [2.05, 4.69) is 5.32 Å². The van der Waals surface area contributed by atoms with Gasteiger partial charge in [-0.25, -0.2) is 0 Å². The fourth-order valence-electron chi connectivity index (χ4n) is 1.40. The zero-order valence-corrected chi connectivity index (χ0v) is 7.91. The van der Waals surface area contributed by atoms with Crippen molar-refractivity contribution < 1.29 is 4.42 Å². The van der Waals surface area contributed by atoms with Crippen molar-refractivity contribution in [3.05, 3.63) is 40.8 Å². The summed E-state index contributed by atoms with van der Waals surface area (Å²) in [6.07, 6.45) is 1.53. The summed E-state index contributed by atoms with van der Waals surface area (Å²) in [5, 5.41) is 3.71.